The first-order chi connectivity index (χ1) is 9.60. The second-order valence-corrected chi connectivity index (χ2v) is 8.02. The highest BCUT2D eigenvalue weighted by atomic mass is 32.2. The van der Waals surface area contributed by atoms with Crippen molar-refractivity contribution in [2.45, 2.75) is 62.8 Å². The van der Waals surface area contributed by atoms with Crippen LogP contribution in [-0.4, -0.2) is 39.9 Å². The summed E-state index contributed by atoms with van der Waals surface area (Å²) < 4.78 is 0. The zero-order chi connectivity index (χ0) is 14.2. The van der Waals surface area contributed by atoms with Crippen LogP contribution in [0.4, 0.5) is 0 Å². The number of thioether (sulfide) groups is 1. The minimum Gasteiger partial charge on any atom is -0.354 e. The van der Waals surface area contributed by atoms with Gasteiger partial charge in [-0.2, -0.15) is 0 Å². The molecule has 0 aromatic carbocycles. The van der Waals surface area contributed by atoms with E-state index in [4.69, 9.17) is 0 Å². The summed E-state index contributed by atoms with van der Waals surface area (Å²) in [5, 5.41) is 3.10. The van der Waals surface area contributed by atoms with Gasteiger partial charge in [-0.05, 0) is 32.1 Å². The summed E-state index contributed by atoms with van der Waals surface area (Å²) in [6, 6.07) is -0.247. The number of carbonyl (C=O) groups excluding carboxylic acids is 2. The number of rotatable bonds is 3. The van der Waals surface area contributed by atoms with Crippen molar-refractivity contribution < 1.29 is 9.59 Å². The number of hydrogen-bond donors (Lipinski definition) is 1. The third-order valence-corrected chi connectivity index (χ3v) is 6.54. The van der Waals surface area contributed by atoms with Crippen LogP contribution in [0.5, 0.6) is 0 Å². The largest absolute Gasteiger partial charge is 0.354 e. The average Bonchev–Trinajstić information content (AvgIpc) is 2.95. The van der Waals surface area contributed by atoms with E-state index >= 15 is 0 Å². The number of amides is 2. The van der Waals surface area contributed by atoms with Crippen molar-refractivity contribution >= 4 is 23.6 Å². The molecule has 0 aromatic heterocycles. The quantitative estimate of drug-likeness (QED) is 0.868. The number of nitrogens with zero attached hydrogens (tertiary/aromatic N) is 1. The lowest BCUT2D eigenvalue weighted by Crippen LogP contribution is -2.50. The highest BCUT2D eigenvalue weighted by Gasteiger charge is 2.52. The number of carbonyl (C=O) groups is 2. The van der Waals surface area contributed by atoms with Crippen LogP contribution in [-0.2, 0) is 9.59 Å². The highest BCUT2D eigenvalue weighted by molar-refractivity contribution is 8.01. The third kappa shape index (κ3) is 2.57. The SMILES string of the molecule is CC12CCC(=O)N1C(C(=O)NCC1CCCCC1)CS2. The van der Waals surface area contributed by atoms with E-state index in [9.17, 15) is 9.59 Å². The standard InChI is InChI=1S/C15H24N2O2S/c1-15-8-7-13(18)17(15)12(10-20-15)14(19)16-9-11-5-3-2-4-6-11/h11-12H,2-10H2,1H3,(H,16,19). The van der Waals surface area contributed by atoms with Crippen LogP contribution in [0.25, 0.3) is 0 Å². The molecule has 4 nitrogen and oxygen atoms in total. The summed E-state index contributed by atoms with van der Waals surface area (Å²) >= 11 is 1.76. The Hall–Kier alpha value is -0.710. The molecule has 3 aliphatic rings. The van der Waals surface area contributed by atoms with Crippen LogP contribution in [0.3, 0.4) is 0 Å². The van der Waals surface area contributed by atoms with Crippen molar-refractivity contribution in [3.05, 3.63) is 0 Å². The summed E-state index contributed by atoms with van der Waals surface area (Å²) in [6.07, 6.45) is 7.87. The van der Waals surface area contributed by atoms with Crippen LogP contribution < -0.4 is 5.32 Å². The molecule has 2 heterocycles. The van der Waals surface area contributed by atoms with Crippen LogP contribution in [0.1, 0.15) is 51.9 Å². The second-order valence-electron chi connectivity index (χ2n) is 6.51. The Bertz CT molecular complexity index is 409. The Balaban J connectivity index is 1.56. The van der Waals surface area contributed by atoms with Gasteiger partial charge in [-0.1, -0.05) is 19.3 Å². The Labute approximate surface area is 125 Å². The van der Waals surface area contributed by atoms with Crippen LogP contribution in [0.15, 0.2) is 0 Å². The molecule has 2 unspecified atom stereocenters. The van der Waals surface area contributed by atoms with E-state index in [1.165, 1.54) is 32.1 Å². The van der Waals surface area contributed by atoms with Crippen molar-refractivity contribution in [2.75, 3.05) is 12.3 Å². The number of nitrogens with one attached hydrogen (secondary N) is 1. The van der Waals surface area contributed by atoms with Crippen molar-refractivity contribution in [1.29, 1.82) is 0 Å². The molecular weight excluding hydrogens is 272 g/mol. The molecular formula is C15H24N2O2S. The second kappa shape index (κ2) is 5.58. The van der Waals surface area contributed by atoms with Crippen LogP contribution in [0.2, 0.25) is 0 Å². The van der Waals surface area contributed by atoms with Gasteiger partial charge in [0.25, 0.3) is 0 Å². The molecule has 1 aliphatic carbocycles. The lowest BCUT2D eigenvalue weighted by molar-refractivity contribution is -0.138. The summed E-state index contributed by atoms with van der Waals surface area (Å²) in [7, 11) is 0. The van der Waals surface area contributed by atoms with E-state index in [1.807, 2.05) is 4.90 Å². The van der Waals surface area contributed by atoms with Crippen LogP contribution >= 0.6 is 11.8 Å². The maximum Gasteiger partial charge on any atom is 0.243 e. The van der Waals surface area contributed by atoms with Crippen molar-refractivity contribution in [3.63, 3.8) is 0 Å². The first-order valence-corrected chi connectivity index (χ1v) is 8.82. The fourth-order valence-corrected chi connectivity index (χ4v) is 5.20. The predicted molar refractivity (Wildman–Crippen MR) is 80.3 cm³/mol. The summed E-state index contributed by atoms with van der Waals surface area (Å²) in [6.45, 7) is 2.88. The van der Waals surface area contributed by atoms with E-state index in [1.54, 1.807) is 11.8 Å². The molecule has 5 heteroatoms. The highest BCUT2D eigenvalue weighted by Crippen LogP contribution is 2.47. The molecule has 2 amide bonds. The number of hydrogen-bond acceptors (Lipinski definition) is 3. The van der Waals surface area contributed by atoms with Gasteiger partial charge >= 0.3 is 0 Å². The van der Waals surface area contributed by atoms with E-state index in [0.717, 1.165) is 18.7 Å². The molecule has 0 radical (unpaired) electrons. The van der Waals surface area contributed by atoms with Gasteiger partial charge in [-0.3, -0.25) is 9.59 Å². The fourth-order valence-electron chi connectivity index (χ4n) is 3.77. The zero-order valence-electron chi connectivity index (χ0n) is 12.2. The van der Waals surface area contributed by atoms with E-state index < -0.39 is 0 Å². The predicted octanol–water partition coefficient (Wildman–Crippen LogP) is 2.14. The van der Waals surface area contributed by atoms with Gasteiger partial charge in [0, 0.05) is 18.7 Å². The van der Waals surface area contributed by atoms with E-state index in [-0.39, 0.29) is 22.7 Å². The van der Waals surface area contributed by atoms with Gasteiger partial charge in [0.2, 0.25) is 11.8 Å². The molecule has 1 saturated carbocycles. The van der Waals surface area contributed by atoms with Crippen molar-refractivity contribution in [2.24, 2.45) is 5.92 Å². The van der Waals surface area contributed by atoms with Gasteiger partial charge < -0.3 is 10.2 Å². The summed E-state index contributed by atoms with van der Waals surface area (Å²) in [4.78, 5) is 26.1. The molecule has 0 aromatic rings. The first kappa shape index (κ1) is 14.2. The third-order valence-electron chi connectivity index (χ3n) is 5.04. The molecule has 2 aliphatic heterocycles. The Kier molecular flexibility index (Phi) is 3.98. The Morgan fingerprint density at radius 1 is 1.40 bits per heavy atom. The molecule has 2 saturated heterocycles. The van der Waals surface area contributed by atoms with Crippen molar-refractivity contribution in [3.8, 4) is 0 Å². The first-order valence-electron chi connectivity index (χ1n) is 7.84. The topological polar surface area (TPSA) is 49.4 Å². The van der Waals surface area contributed by atoms with E-state index in [2.05, 4.69) is 12.2 Å². The van der Waals surface area contributed by atoms with Gasteiger partial charge in [0.05, 0.1) is 4.87 Å². The average molecular weight is 296 g/mol. The normalized spacial score (nSPS) is 34.4. The molecule has 20 heavy (non-hydrogen) atoms. The molecule has 1 N–H and O–H groups in total. The van der Waals surface area contributed by atoms with Crippen molar-refractivity contribution in [1.82, 2.24) is 10.2 Å². The monoisotopic (exact) mass is 296 g/mol. The molecule has 3 rings (SSSR count). The summed E-state index contributed by atoms with van der Waals surface area (Å²) in [5.41, 5.74) is 0. The minimum atomic E-state index is -0.247. The Morgan fingerprint density at radius 2 is 2.15 bits per heavy atom. The lowest BCUT2D eigenvalue weighted by Gasteiger charge is -2.30. The smallest absolute Gasteiger partial charge is 0.243 e. The molecule has 2 atom stereocenters. The fraction of sp³-hybridized carbons (Fsp3) is 0.867. The van der Waals surface area contributed by atoms with Gasteiger partial charge in [0.15, 0.2) is 0 Å². The van der Waals surface area contributed by atoms with Crippen LogP contribution in [0, 0.1) is 5.92 Å². The lowest BCUT2D eigenvalue weighted by atomic mass is 9.89. The molecule has 0 spiro atoms. The maximum absolute atomic E-state index is 12.4. The van der Waals surface area contributed by atoms with E-state index in [0.29, 0.717) is 12.3 Å². The van der Waals surface area contributed by atoms with Gasteiger partial charge in [-0.25, -0.2) is 0 Å². The minimum absolute atomic E-state index is 0.0575. The van der Waals surface area contributed by atoms with Gasteiger partial charge in [-0.15, -0.1) is 11.8 Å². The molecule has 3 fully saturated rings. The van der Waals surface area contributed by atoms with Gasteiger partial charge in [0.1, 0.15) is 6.04 Å². The number of fused-ring (bicyclic) bond motifs is 1. The molecule has 0 bridgehead atoms. The maximum atomic E-state index is 12.4. The zero-order valence-corrected chi connectivity index (χ0v) is 13.0. The Morgan fingerprint density at radius 3 is 2.90 bits per heavy atom. The molecule has 112 valence electrons. The summed E-state index contributed by atoms with van der Waals surface area (Å²) in [5.74, 6) is 1.60.